The predicted molar refractivity (Wildman–Crippen MR) is 102 cm³/mol. The Morgan fingerprint density at radius 1 is 1.23 bits per heavy atom. The van der Waals surface area contributed by atoms with Crippen LogP contribution < -0.4 is 9.31 Å². The Bertz CT molecular complexity index is 614. The molecule has 0 bridgehead atoms. The van der Waals surface area contributed by atoms with Crippen molar-refractivity contribution in [3.8, 4) is 0 Å². The Kier molecular flexibility index (Phi) is 9.52. The van der Waals surface area contributed by atoms with Crippen LogP contribution >= 0.6 is 11.9 Å². The molecule has 0 amide bonds. The number of hydrogen-bond acceptors (Lipinski definition) is 8. The lowest BCUT2D eigenvalue weighted by atomic mass is 10.2. The van der Waals surface area contributed by atoms with Crippen molar-refractivity contribution in [2.24, 2.45) is 0 Å². The molecule has 1 aliphatic heterocycles. The number of quaternary nitrogens is 1. The molecule has 0 radical (unpaired) electrons. The molecule has 144 valence electrons. The lowest BCUT2D eigenvalue weighted by Gasteiger charge is -2.22. The summed E-state index contributed by atoms with van der Waals surface area (Å²) in [5.41, 5.74) is 2.14. The van der Waals surface area contributed by atoms with Crippen molar-refractivity contribution in [2.45, 2.75) is 6.92 Å². The third-order valence-corrected chi connectivity index (χ3v) is 4.47. The van der Waals surface area contributed by atoms with E-state index in [1.54, 1.807) is 11.9 Å². The van der Waals surface area contributed by atoms with Gasteiger partial charge in [-0.3, -0.25) is 0 Å². The smallest absolute Gasteiger partial charge is 0.140 e. The zero-order valence-electron chi connectivity index (χ0n) is 14.7. The molecule has 0 aromatic heterocycles. The van der Waals surface area contributed by atoms with Crippen LogP contribution in [0.15, 0.2) is 41.6 Å². The molecular formula is C16H24N4O5S. The van der Waals surface area contributed by atoms with E-state index in [4.69, 9.17) is 25.5 Å². The first-order valence-electron chi connectivity index (χ1n) is 7.89. The maximum atomic E-state index is 9.08. The molecule has 0 spiro atoms. The van der Waals surface area contributed by atoms with Crippen molar-refractivity contribution in [1.29, 1.82) is 0 Å². The van der Waals surface area contributed by atoms with Crippen LogP contribution in [-0.4, -0.2) is 53.7 Å². The van der Waals surface area contributed by atoms with Gasteiger partial charge in [-0.25, -0.2) is 5.01 Å². The van der Waals surface area contributed by atoms with Crippen molar-refractivity contribution in [3.05, 3.63) is 62.5 Å². The van der Waals surface area contributed by atoms with E-state index < -0.39 is 5.09 Å². The fourth-order valence-electron chi connectivity index (χ4n) is 2.33. The van der Waals surface area contributed by atoms with Crippen LogP contribution in [0.1, 0.15) is 12.5 Å². The Morgan fingerprint density at radius 3 is 2.19 bits per heavy atom. The molecule has 1 aromatic rings. The molecule has 3 N–H and O–H groups in total. The van der Waals surface area contributed by atoms with Gasteiger partial charge in [-0.2, -0.15) is 0 Å². The molecule has 0 fully saturated rings. The van der Waals surface area contributed by atoms with E-state index in [1.807, 2.05) is 36.2 Å². The number of aliphatic hydroxyl groups excluding tert-OH is 2. The van der Waals surface area contributed by atoms with E-state index in [1.165, 1.54) is 9.32 Å². The van der Waals surface area contributed by atoms with Crippen LogP contribution in [0.2, 0.25) is 0 Å². The van der Waals surface area contributed by atoms with Crippen molar-refractivity contribution in [2.75, 3.05) is 38.3 Å². The zero-order valence-corrected chi connectivity index (χ0v) is 15.6. The highest BCUT2D eigenvalue weighted by atomic mass is 32.2. The quantitative estimate of drug-likeness (QED) is 0.353. The summed E-state index contributed by atoms with van der Waals surface area (Å²) >= 11 is 1.77. The van der Waals surface area contributed by atoms with E-state index in [0.717, 1.165) is 11.3 Å². The van der Waals surface area contributed by atoms with Crippen LogP contribution in [0.25, 0.3) is 6.08 Å². The maximum absolute atomic E-state index is 9.08. The number of aliphatic hydroxyl groups is 2. The second-order valence-corrected chi connectivity index (χ2v) is 6.64. The second kappa shape index (κ2) is 11.4. The zero-order chi connectivity index (χ0) is 19.5. The number of hydrogen-bond donors (Lipinski definition) is 3. The molecule has 1 aliphatic rings. The van der Waals surface area contributed by atoms with Crippen molar-refractivity contribution >= 4 is 23.7 Å². The second-order valence-electron chi connectivity index (χ2n) is 5.37. The summed E-state index contributed by atoms with van der Waals surface area (Å²) in [4.78, 5) is 11.5. The van der Waals surface area contributed by atoms with Crippen LogP contribution in [0.5, 0.6) is 0 Å². The highest BCUT2D eigenvalue weighted by Crippen LogP contribution is 2.16. The lowest BCUT2D eigenvalue weighted by Crippen LogP contribution is -3.05. The Morgan fingerprint density at radius 2 is 1.77 bits per heavy atom. The summed E-state index contributed by atoms with van der Waals surface area (Å²) in [5, 5.41) is 35.0. The van der Waals surface area contributed by atoms with E-state index in [0.29, 0.717) is 13.1 Å². The molecule has 2 rings (SSSR count). The fourth-order valence-corrected chi connectivity index (χ4v) is 3.20. The minimum Gasteiger partial charge on any atom is -0.395 e. The van der Waals surface area contributed by atoms with Gasteiger partial charge in [-0.15, -0.1) is 4.41 Å². The first kappa shape index (κ1) is 21.8. The summed E-state index contributed by atoms with van der Waals surface area (Å²) in [6.07, 6.45) is 6.33. The van der Waals surface area contributed by atoms with Crippen LogP contribution in [0.4, 0.5) is 5.69 Å². The minimum absolute atomic E-state index is 0.0792. The van der Waals surface area contributed by atoms with E-state index >= 15 is 0 Å². The molecule has 26 heavy (non-hydrogen) atoms. The van der Waals surface area contributed by atoms with Gasteiger partial charge in [0.1, 0.15) is 18.1 Å². The summed E-state index contributed by atoms with van der Waals surface area (Å²) in [6, 6.07) is 8.14. The summed E-state index contributed by atoms with van der Waals surface area (Å²) < 4.78 is 1.21. The molecule has 10 heteroatoms. The molecule has 1 aromatic carbocycles. The summed E-state index contributed by atoms with van der Waals surface area (Å²) in [7, 11) is 2.05. The van der Waals surface area contributed by atoms with Crippen LogP contribution in [0.3, 0.4) is 0 Å². The maximum Gasteiger partial charge on any atom is 0.140 e. The number of benzene rings is 1. The van der Waals surface area contributed by atoms with Gasteiger partial charge in [0.05, 0.1) is 36.5 Å². The van der Waals surface area contributed by atoms with Gasteiger partial charge in [0.25, 0.3) is 0 Å². The third kappa shape index (κ3) is 7.74. The number of anilines is 1. The van der Waals surface area contributed by atoms with Gasteiger partial charge in [0.15, 0.2) is 0 Å². The third-order valence-electron chi connectivity index (χ3n) is 3.41. The highest BCUT2D eigenvalue weighted by Gasteiger charge is 2.20. The monoisotopic (exact) mass is 384 g/mol. The number of nitrogens with one attached hydrogen (secondary N) is 1. The van der Waals surface area contributed by atoms with Crippen molar-refractivity contribution in [3.63, 3.8) is 0 Å². The Labute approximate surface area is 156 Å². The lowest BCUT2D eigenvalue weighted by molar-refractivity contribution is -0.820. The molecular weight excluding hydrogens is 360 g/mol. The first-order chi connectivity index (χ1) is 12.4. The van der Waals surface area contributed by atoms with Crippen LogP contribution in [-0.2, 0) is 0 Å². The van der Waals surface area contributed by atoms with Crippen molar-refractivity contribution < 1.29 is 19.7 Å². The van der Waals surface area contributed by atoms with Gasteiger partial charge >= 0.3 is 0 Å². The molecule has 9 nitrogen and oxygen atoms in total. The van der Waals surface area contributed by atoms with E-state index in [2.05, 4.69) is 30.4 Å². The molecule has 0 aliphatic carbocycles. The molecule has 1 unspecified atom stereocenters. The molecule has 0 saturated heterocycles. The Hall–Kier alpha value is -2.27. The van der Waals surface area contributed by atoms with Gasteiger partial charge in [-0.1, -0.05) is 12.1 Å². The van der Waals surface area contributed by atoms with Crippen LogP contribution in [0, 0.1) is 15.3 Å². The topological polar surface area (TPSA) is 118 Å². The molecule has 0 saturated carbocycles. The first-order valence-corrected chi connectivity index (χ1v) is 8.71. The average Bonchev–Trinajstić information content (AvgIpc) is 2.90. The minimum atomic E-state index is -1.75. The van der Waals surface area contributed by atoms with Gasteiger partial charge < -0.3 is 30.4 Å². The van der Waals surface area contributed by atoms with E-state index in [-0.39, 0.29) is 13.2 Å². The van der Waals surface area contributed by atoms with Gasteiger partial charge in [0.2, 0.25) is 0 Å². The van der Waals surface area contributed by atoms with Gasteiger partial charge in [-0.05, 0) is 24.6 Å². The normalized spacial score (nSPS) is 16.2. The number of nitrogens with zero attached hydrogens (tertiary/aromatic N) is 3. The average molecular weight is 384 g/mol. The van der Waals surface area contributed by atoms with Gasteiger partial charge in [0, 0.05) is 24.9 Å². The highest BCUT2D eigenvalue weighted by molar-refractivity contribution is 7.97. The van der Waals surface area contributed by atoms with E-state index in [9.17, 15) is 0 Å². The molecule has 1 atom stereocenters. The number of allylic oxidation sites excluding steroid dienone is 1. The summed E-state index contributed by atoms with van der Waals surface area (Å²) in [6.45, 7) is 3.32. The largest absolute Gasteiger partial charge is 0.395 e. The summed E-state index contributed by atoms with van der Waals surface area (Å²) in [5.74, 6) is 0. The standard InChI is InChI=1S/C16H23N3O2S.NO3/c1-14-13-17(2)19(22-14)8-7-15-3-5-16(6-4-15)18(9-11-20)10-12-21;2-1(3)4/h3-8,13,20-21H,9-12H2,1-2H3;/q;-1/p+1. The molecule has 1 heterocycles. The number of rotatable bonds is 7. The Balaban J connectivity index is 0.000000765. The fraction of sp³-hybridized carbons (Fsp3) is 0.375. The SMILES string of the molecule is CC1=CN(C)[NH+](C=Cc2ccc(N(CCO)CCO)cc2)S1.O=[N+]([O-])[O-]. The predicted octanol–water partition coefficient (Wildman–Crippen LogP) is 0.464. The van der Waals surface area contributed by atoms with Crippen molar-refractivity contribution in [1.82, 2.24) is 5.01 Å².